The zero-order valence-corrected chi connectivity index (χ0v) is 11.0. The van der Waals surface area contributed by atoms with Gasteiger partial charge in [-0.1, -0.05) is 6.92 Å². The van der Waals surface area contributed by atoms with E-state index in [0.717, 1.165) is 32.5 Å². The number of anilines is 1. The van der Waals surface area contributed by atoms with Gasteiger partial charge in [-0.25, -0.2) is 0 Å². The lowest BCUT2D eigenvalue weighted by atomic mass is 10.1. The number of H-pyrrole nitrogens is 1. The first-order valence-corrected chi connectivity index (χ1v) is 6.45. The summed E-state index contributed by atoms with van der Waals surface area (Å²) in [7, 11) is 0. The molecule has 6 heteroatoms. The first kappa shape index (κ1) is 12.9. The smallest absolute Gasteiger partial charge is 0.257 e. The summed E-state index contributed by atoms with van der Waals surface area (Å²) in [6.45, 7) is 7.01. The van der Waals surface area contributed by atoms with E-state index in [4.69, 9.17) is 5.73 Å². The summed E-state index contributed by atoms with van der Waals surface area (Å²) in [6.07, 6.45) is 2.15. The summed E-state index contributed by atoms with van der Waals surface area (Å²) in [6, 6.07) is 0.208. The molecule has 2 rings (SSSR count). The Kier molecular flexibility index (Phi) is 3.86. The van der Waals surface area contributed by atoms with Crippen molar-refractivity contribution in [1.29, 1.82) is 0 Å². The van der Waals surface area contributed by atoms with Crippen molar-refractivity contribution in [2.75, 3.05) is 25.4 Å². The molecule has 0 aromatic carbocycles. The molecule has 0 radical (unpaired) electrons. The van der Waals surface area contributed by atoms with Gasteiger partial charge in [0.05, 0.1) is 0 Å². The molecule has 0 aliphatic carbocycles. The molecule has 1 fully saturated rings. The van der Waals surface area contributed by atoms with Crippen molar-refractivity contribution in [2.24, 2.45) is 0 Å². The summed E-state index contributed by atoms with van der Waals surface area (Å²) in [5, 5.41) is 9.62. The van der Waals surface area contributed by atoms with E-state index in [-0.39, 0.29) is 17.8 Å². The predicted molar refractivity (Wildman–Crippen MR) is 70.3 cm³/mol. The number of nitrogens with one attached hydrogen (secondary N) is 2. The Morgan fingerprint density at radius 1 is 1.67 bits per heavy atom. The quantitative estimate of drug-likeness (QED) is 0.730. The van der Waals surface area contributed by atoms with Gasteiger partial charge in [0.1, 0.15) is 5.56 Å². The number of amides is 1. The van der Waals surface area contributed by atoms with E-state index in [0.29, 0.717) is 11.3 Å². The van der Waals surface area contributed by atoms with Crippen LogP contribution in [0.1, 0.15) is 35.8 Å². The Labute approximate surface area is 107 Å². The third-order valence-corrected chi connectivity index (χ3v) is 3.49. The maximum Gasteiger partial charge on any atom is 0.257 e. The largest absolute Gasteiger partial charge is 0.382 e. The van der Waals surface area contributed by atoms with Crippen LogP contribution in [-0.2, 0) is 0 Å². The third-order valence-electron chi connectivity index (χ3n) is 3.49. The van der Waals surface area contributed by atoms with Crippen molar-refractivity contribution in [2.45, 2.75) is 32.7 Å². The Balaban J connectivity index is 1.99. The van der Waals surface area contributed by atoms with Crippen LogP contribution in [0.25, 0.3) is 0 Å². The molecule has 1 aliphatic heterocycles. The summed E-state index contributed by atoms with van der Waals surface area (Å²) < 4.78 is 0. The van der Waals surface area contributed by atoms with Crippen molar-refractivity contribution >= 4 is 11.7 Å². The lowest BCUT2D eigenvalue weighted by Crippen LogP contribution is -2.47. The molecule has 100 valence electrons. The molecular formula is C12H21N5O. The predicted octanol–water partition coefficient (Wildman–Crippen LogP) is 0.514. The van der Waals surface area contributed by atoms with E-state index in [2.05, 4.69) is 27.3 Å². The summed E-state index contributed by atoms with van der Waals surface area (Å²) in [5.74, 6) is 0.148. The van der Waals surface area contributed by atoms with Gasteiger partial charge in [-0.05, 0) is 32.9 Å². The first-order valence-electron chi connectivity index (χ1n) is 6.45. The summed E-state index contributed by atoms with van der Waals surface area (Å²) in [4.78, 5) is 14.5. The fourth-order valence-corrected chi connectivity index (χ4v) is 2.45. The average Bonchev–Trinajstić information content (AvgIpc) is 2.69. The third kappa shape index (κ3) is 2.64. The topological polar surface area (TPSA) is 87.0 Å². The molecule has 0 spiro atoms. The van der Waals surface area contributed by atoms with Gasteiger partial charge in [0.25, 0.3) is 5.91 Å². The molecule has 1 amide bonds. The summed E-state index contributed by atoms with van der Waals surface area (Å²) in [5.41, 5.74) is 6.88. The maximum absolute atomic E-state index is 12.1. The molecule has 1 unspecified atom stereocenters. The zero-order chi connectivity index (χ0) is 13.1. The number of piperidine rings is 1. The van der Waals surface area contributed by atoms with Crippen LogP contribution in [0, 0.1) is 6.92 Å². The lowest BCUT2D eigenvalue weighted by Gasteiger charge is -2.32. The van der Waals surface area contributed by atoms with Crippen LogP contribution in [0.5, 0.6) is 0 Å². The van der Waals surface area contributed by atoms with Crippen molar-refractivity contribution in [3.8, 4) is 0 Å². The van der Waals surface area contributed by atoms with Gasteiger partial charge in [0.2, 0.25) is 0 Å². The Morgan fingerprint density at radius 3 is 3.06 bits per heavy atom. The zero-order valence-electron chi connectivity index (χ0n) is 11.0. The highest BCUT2D eigenvalue weighted by molar-refractivity contribution is 5.99. The van der Waals surface area contributed by atoms with Crippen LogP contribution in [0.2, 0.25) is 0 Å². The van der Waals surface area contributed by atoms with Crippen molar-refractivity contribution < 1.29 is 4.79 Å². The number of nitrogen functional groups attached to an aromatic ring is 1. The molecule has 0 saturated carbocycles. The number of hydrogen-bond acceptors (Lipinski definition) is 4. The molecule has 6 nitrogen and oxygen atoms in total. The Hall–Kier alpha value is -1.56. The van der Waals surface area contributed by atoms with Crippen LogP contribution < -0.4 is 11.1 Å². The molecule has 1 aromatic rings. The Bertz CT molecular complexity index is 409. The number of likely N-dealkylation sites (N-methyl/N-ethyl adjacent to an activating group) is 1. The van der Waals surface area contributed by atoms with E-state index in [1.54, 1.807) is 6.92 Å². The second kappa shape index (κ2) is 5.39. The highest BCUT2D eigenvalue weighted by atomic mass is 16.1. The van der Waals surface area contributed by atoms with E-state index >= 15 is 0 Å². The van der Waals surface area contributed by atoms with Crippen molar-refractivity contribution in [3.63, 3.8) is 0 Å². The van der Waals surface area contributed by atoms with Crippen molar-refractivity contribution in [1.82, 2.24) is 20.4 Å². The van der Waals surface area contributed by atoms with Gasteiger partial charge in [-0.15, -0.1) is 0 Å². The molecule has 4 N–H and O–H groups in total. The SMILES string of the molecule is CCN1CCCC(NC(=O)c2c(N)n[nH]c2C)C1. The van der Waals surface area contributed by atoms with E-state index in [1.165, 1.54) is 0 Å². The number of aryl methyl sites for hydroxylation is 1. The van der Waals surface area contributed by atoms with Gasteiger partial charge in [0, 0.05) is 18.3 Å². The lowest BCUT2D eigenvalue weighted by molar-refractivity contribution is 0.0906. The van der Waals surface area contributed by atoms with E-state index in [9.17, 15) is 4.79 Å². The monoisotopic (exact) mass is 251 g/mol. The molecule has 1 aromatic heterocycles. The molecule has 1 atom stereocenters. The highest BCUT2D eigenvalue weighted by Gasteiger charge is 2.23. The summed E-state index contributed by atoms with van der Waals surface area (Å²) >= 11 is 0. The van der Waals surface area contributed by atoms with Crippen molar-refractivity contribution in [3.05, 3.63) is 11.3 Å². The van der Waals surface area contributed by atoms with Gasteiger partial charge in [0.15, 0.2) is 5.82 Å². The van der Waals surface area contributed by atoms with Gasteiger partial charge in [-0.2, -0.15) is 5.10 Å². The second-order valence-corrected chi connectivity index (χ2v) is 4.81. The van der Waals surface area contributed by atoms with Crippen LogP contribution in [0.4, 0.5) is 5.82 Å². The standard InChI is InChI=1S/C12H21N5O/c1-3-17-6-4-5-9(7-17)14-12(18)10-8(2)15-16-11(10)13/h9H,3-7H2,1-2H3,(H,14,18)(H3,13,15,16). The fourth-order valence-electron chi connectivity index (χ4n) is 2.45. The minimum atomic E-state index is -0.123. The number of likely N-dealkylation sites (tertiary alicyclic amines) is 1. The molecule has 1 aliphatic rings. The number of nitrogens with zero attached hydrogens (tertiary/aromatic N) is 2. The number of nitrogens with two attached hydrogens (primary N) is 1. The number of aromatic nitrogens is 2. The van der Waals surface area contributed by atoms with Gasteiger partial charge < -0.3 is 16.0 Å². The van der Waals surface area contributed by atoms with Crippen LogP contribution in [0.3, 0.4) is 0 Å². The number of aromatic amines is 1. The molecule has 1 saturated heterocycles. The molecule has 2 heterocycles. The molecule has 0 bridgehead atoms. The minimum Gasteiger partial charge on any atom is -0.382 e. The fraction of sp³-hybridized carbons (Fsp3) is 0.667. The average molecular weight is 251 g/mol. The normalized spacial score (nSPS) is 20.9. The van der Waals surface area contributed by atoms with Crippen LogP contribution >= 0.6 is 0 Å². The highest BCUT2D eigenvalue weighted by Crippen LogP contribution is 2.14. The van der Waals surface area contributed by atoms with Crippen LogP contribution in [-0.4, -0.2) is 46.7 Å². The number of carbonyl (C=O) groups excluding carboxylic acids is 1. The van der Waals surface area contributed by atoms with Gasteiger partial charge in [-0.3, -0.25) is 9.89 Å². The number of hydrogen-bond donors (Lipinski definition) is 3. The van der Waals surface area contributed by atoms with Crippen LogP contribution in [0.15, 0.2) is 0 Å². The first-order chi connectivity index (χ1) is 8.61. The van der Waals surface area contributed by atoms with Gasteiger partial charge >= 0.3 is 0 Å². The number of carbonyl (C=O) groups is 1. The minimum absolute atomic E-state index is 0.123. The Morgan fingerprint density at radius 2 is 2.44 bits per heavy atom. The van der Waals surface area contributed by atoms with E-state index < -0.39 is 0 Å². The number of rotatable bonds is 3. The molecular weight excluding hydrogens is 230 g/mol. The second-order valence-electron chi connectivity index (χ2n) is 4.81. The van der Waals surface area contributed by atoms with E-state index in [1.807, 2.05) is 0 Å². The molecule has 18 heavy (non-hydrogen) atoms. The maximum atomic E-state index is 12.1.